The molecule has 3 nitrogen and oxygen atoms in total. The first-order valence-corrected chi connectivity index (χ1v) is 7.28. The molecule has 2 rings (SSSR count). The summed E-state index contributed by atoms with van der Waals surface area (Å²) in [6.45, 7) is 1.16. The van der Waals surface area contributed by atoms with Gasteiger partial charge in [-0.25, -0.2) is 4.39 Å². The monoisotopic (exact) mass is 301 g/mol. The van der Waals surface area contributed by atoms with Crippen molar-refractivity contribution in [3.63, 3.8) is 0 Å². The largest absolute Gasteiger partial charge is 0.493 e. The van der Waals surface area contributed by atoms with Gasteiger partial charge >= 0.3 is 0 Å². The van der Waals surface area contributed by atoms with Gasteiger partial charge in [-0.15, -0.1) is 0 Å². The zero-order valence-electron chi connectivity index (χ0n) is 11.8. The molecular formula is C15H21ClFNO2. The van der Waals surface area contributed by atoms with Gasteiger partial charge in [0.25, 0.3) is 0 Å². The lowest BCUT2D eigenvalue weighted by Gasteiger charge is -2.25. The number of hydrogen-bond acceptors (Lipinski definition) is 3. The summed E-state index contributed by atoms with van der Waals surface area (Å²) < 4.78 is 25.6. The summed E-state index contributed by atoms with van der Waals surface area (Å²) in [5.41, 5.74) is 5.94. The van der Waals surface area contributed by atoms with Crippen LogP contribution in [0.2, 0.25) is 5.02 Å². The molecule has 1 unspecified atom stereocenters. The highest BCUT2D eigenvalue weighted by Gasteiger charge is 2.32. The summed E-state index contributed by atoms with van der Waals surface area (Å²) in [5, 5.41) is 0.628. The van der Waals surface area contributed by atoms with Crippen LogP contribution >= 0.6 is 11.6 Å². The Morgan fingerprint density at radius 1 is 1.50 bits per heavy atom. The van der Waals surface area contributed by atoms with Crippen molar-refractivity contribution in [1.29, 1.82) is 0 Å². The van der Waals surface area contributed by atoms with Crippen LogP contribution < -0.4 is 10.5 Å². The van der Waals surface area contributed by atoms with E-state index in [1.54, 1.807) is 6.07 Å². The highest BCUT2D eigenvalue weighted by atomic mass is 35.5. The van der Waals surface area contributed by atoms with E-state index < -0.39 is 5.67 Å². The summed E-state index contributed by atoms with van der Waals surface area (Å²) in [5.74, 6) is 0.792. The van der Waals surface area contributed by atoms with Gasteiger partial charge in [0.05, 0.1) is 13.2 Å². The molecule has 0 aliphatic carbocycles. The summed E-state index contributed by atoms with van der Waals surface area (Å²) in [4.78, 5) is 0. The summed E-state index contributed by atoms with van der Waals surface area (Å²) in [7, 11) is 1.51. The highest BCUT2D eigenvalue weighted by Crippen LogP contribution is 2.36. The van der Waals surface area contributed by atoms with Gasteiger partial charge in [-0.2, -0.15) is 0 Å². The van der Waals surface area contributed by atoms with Gasteiger partial charge in [0, 0.05) is 25.0 Å². The molecule has 1 atom stereocenters. The number of nitrogens with two attached hydrogens (primary N) is 1. The fourth-order valence-corrected chi connectivity index (χ4v) is 2.97. The Bertz CT molecular complexity index is 469. The average Bonchev–Trinajstić information content (AvgIpc) is 2.85. The third kappa shape index (κ3) is 3.62. The molecule has 0 saturated carbocycles. The Balaban J connectivity index is 2.22. The molecule has 0 radical (unpaired) electrons. The van der Waals surface area contributed by atoms with Crippen molar-refractivity contribution in [3.05, 3.63) is 28.3 Å². The second kappa shape index (κ2) is 6.74. The van der Waals surface area contributed by atoms with Crippen molar-refractivity contribution in [2.45, 2.75) is 31.4 Å². The Kier molecular flexibility index (Phi) is 5.24. The zero-order chi connectivity index (χ0) is 14.6. The maximum Gasteiger partial charge on any atom is 0.138 e. The van der Waals surface area contributed by atoms with E-state index in [0.717, 1.165) is 23.3 Å². The van der Waals surface area contributed by atoms with E-state index in [-0.39, 0.29) is 13.0 Å². The molecule has 20 heavy (non-hydrogen) atoms. The van der Waals surface area contributed by atoms with E-state index in [9.17, 15) is 4.39 Å². The zero-order valence-corrected chi connectivity index (χ0v) is 12.5. The molecule has 0 saturated heterocycles. The van der Waals surface area contributed by atoms with E-state index in [2.05, 4.69) is 0 Å². The van der Waals surface area contributed by atoms with Gasteiger partial charge < -0.3 is 15.2 Å². The lowest BCUT2D eigenvalue weighted by atomic mass is 9.91. The number of alkyl halides is 1. The molecule has 0 aromatic heterocycles. The minimum atomic E-state index is -1.43. The number of rotatable bonds is 7. The van der Waals surface area contributed by atoms with Crippen LogP contribution in [0.1, 0.15) is 24.0 Å². The van der Waals surface area contributed by atoms with Crippen molar-refractivity contribution < 1.29 is 13.9 Å². The molecule has 1 aliphatic heterocycles. The lowest BCUT2D eigenvalue weighted by molar-refractivity contribution is 0.0330. The van der Waals surface area contributed by atoms with E-state index in [4.69, 9.17) is 26.8 Å². The second-order valence-electron chi connectivity index (χ2n) is 5.30. The van der Waals surface area contributed by atoms with Crippen LogP contribution in [-0.2, 0) is 17.6 Å². The fraction of sp³-hybridized carbons (Fsp3) is 0.600. The van der Waals surface area contributed by atoms with Crippen molar-refractivity contribution in [2.24, 2.45) is 5.73 Å². The Morgan fingerprint density at radius 3 is 3.00 bits per heavy atom. The average molecular weight is 302 g/mol. The standard InChI is InChI=1S/C15H21ClFNO2/c1-19-10-15(17,4-2-5-18)9-12-8-13(16)7-11-3-6-20-14(11)12/h7-8H,2-6,9-10,18H2,1H3. The van der Waals surface area contributed by atoms with Gasteiger partial charge in [0.15, 0.2) is 0 Å². The normalized spacial score (nSPS) is 16.6. The Labute approximate surface area is 124 Å². The summed E-state index contributed by atoms with van der Waals surface area (Å²) in [6, 6.07) is 3.68. The number of ether oxygens (including phenoxy) is 2. The minimum Gasteiger partial charge on any atom is -0.493 e. The van der Waals surface area contributed by atoms with Crippen LogP contribution in [0.25, 0.3) is 0 Å². The van der Waals surface area contributed by atoms with Crippen LogP contribution in [0.15, 0.2) is 12.1 Å². The number of hydrogen-bond donors (Lipinski definition) is 1. The first-order chi connectivity index (χ1) is 9.58. The Hall–Kier alpha value is -0.840. The fourth-order valence-electron chi connectivity index (χ4n) is 2.71. The maximum absolute atomic E-state index is 15.0. The third-order valence-corrected chi connectivity index (χ3v) is 3.78. The third-order valence-electron chi connectivity index (χ3n) is 3.56. The predicted octanol–water partition coefficient (Wildman–Crippen LogP) is 2.91. The molecular weight excluding hydrogens is 281 g/mol. The first kappa shape index (κ1) is 15.5. The molecule has 1 aliphatic rings. The number of halogens is 2. The smallest absolute Gasteiger partial charge is 0.138 e. The van der Waals surface area contributed by atoms with Crippen molar-refractivity contribution in [3.8, 4) is 5.75 Å². The lowest BCUT2D eigenvalue weighted by Crippen LogP contribution is -2.32. The second-order valence-corrected chi connectivity index (χ2v) is 5.74. The van der Waals surface area contributed by atoms with Gasteiger partial charge in [0.1, 0.15) is 11.4 Å². The van der Waals surface area contributed by atoms with Crippen molar-refractivity contribution in [2.75, 3.05) is 26.9 Å². The summed E-state index contributed by atoms with van der Waals surface area (Å²) in [6.07, 6.45) is 2.07. The van der Waals surface area contributed by atoms with E-state index in [1.807, 2.05) is 6.07 Å². The predicted molar refractivity (Wildman–Crippen MR) is 78.4 cm³/mol. The first-order valence-electron chi connectivity index (χ1n) is 6.90. The topological polar surface area (TPSA) is 44.5 Å². The van der Waals surface area contributed by atoms with E-state index >= 15 is 0 Å². The van der Waals surface area contributed by atoms with E-state index in [0.29, 0.717) is 31.0 Å². The van der Waals surface area contributed by atoms with Crippen molar-refractivity contribution >= 4 is 11.6 Å². The minimum absolute atomic E-state index is 0.0499. The molecule has 0 bridgehead atoms. The van der Waals surface area contributed by atoms with Crippen molar-refractivity contribution in [1.82, 2.24) is 0 Å². The van der Waals surface area contributed by atoms with Crippen LogP contribution in [0.3, 0.4) is 0 Å². The molecule has 1 aromatic rings. The van der Waals surface area contributed by atoms with Gasteiger partial charge in [0.2, 0.25) is 0 Å². The number of benzene rings is 1. The molecule has 1 aromatic carbocycles. The molecule has 2 N–H and O–H groups in total. The molecule has 112 valence electrons. The van der Waals surface area contributed by atoms with Crippen LogP contribution in [0.4, 0.5) is 4.39 Å². The van der Waals surface area contributed by atoms with Gasteiger partial charge in [-0.3, -0.25) is 0 Å². The molecule has 0 fully saturated rings. The molecule has 0 amide bonds. The number of methoxy groups -OCH3 is 1. The molecule has 0 spiro atoms. The van der Waals surface area contributed by atoms with Gasteiger partial charge in [-0.1, -0.05) is 11.6 Å². The van der Waals surface area contributed by atoms with Crippen LogP contribution in [-0.4, -0.2) is 32.5 Å². The number of fused-ring (bicyclic) bond motifs is 1. The van der Waals surface area contributed by atoms with Crippen LogP contribution in [0.5, 0.6) is 5.75 Å². The van der Waals surface area contributed by atoms with Gasteiger partial charge in [-0.05, 0) is 42.6 Å². The van der Waals surface area contributed by atoms with E-state index in [1.165, 1.54) is 7.11 Å². The molecule has 1 heterocycles. The van der Waals surface area contributed by atoms with Crippen LogP contribution in [0, 0.1) is 0 Å². The maximum atomic E-state index is 15.0. The highest BCUT2D eigenvalue weighted by molar-refractivity contribution is 6.30. The molecule has 5 heteroatoms. The summed E-state index contributed by atoms with van der Waals surface area (Å²) >= 11 is 6.11. The Morgan fingerprint density at radius 2 is 2.30 bits per heavy atom. The quantitative estimate of drug-likeness (QED) is 0.842. The SMILES string of the molecule is COCC(F)(CCCN)Cc1cc(Cl)cc2c1OCC2.